The average molecular weight is 283 g/mol. The maximum absolute atomic E-state index is 8.95. The fourth-order valence-electron chi connectivity index (χ4n) is 0.161. The Balaban J connectivity index is 4.75. The molecule has 0 aromatic carbocycles. The Hall–Kier alpha value is 1.66. The third-order valence-electron chi connectivity index (χ3n) is 0.791. The van der Waals surface area contributed by atoms with Crippen molar-refractivity contribution in [2.75, 3.05) is 0 Å². The molecule has 0 saturated heterocycles. The van der Waals surface area contributed by atoms with Crippen LogP contribution in [-0.4, -0.2) is 23.6 Å². The highest BCUT2D eigenvalue weighted by Gasteiger charge is 2.59. The van der Waals surface area contributed by atoms with Gasteiger partial charge in [0, 0.05) is 0 Å². The normalized spacial score (nSPS) is 15.3. The van der Waals surface area contributed by atoms with Crippen molar-refractivity contribution in [1.29, 1.82) is 0 Å². The molecule has 0 aromatic heterocycles. The molecule has 0 bridgehead atoms. The molecule has 0 unspecified atom stereocenters. The molecule has 68 valence electrons. The minimum absolute atomic E-state index is 2.49. The van der Waals surface area contributed by atoms with Gasteiger partial charge in [-0.3, -0.25) is 0 Å². The monoisotopic (exact) mass is 280 g/mol. The van der Waals surface area contributed by atoms with Gasteiger partial charge < -0.3 is 10.2 Å². The first-order chi connectivity index (χ1) is 4.50. The van der Waals surface area contributed by atoms with E-state index in [4.69, 9.17) is 79.8 Å². The van der Waals surface area contributed by atoms with Gasteiger partial charge in [-0.15, -0.1) is 0 Å². The van der Waals surface area contributed by atoms with E-state index in [1.807, 2.05) is 0 Å². The van der Waals surface area contributed by atoms with Crippen LogP contribution in [0.15, 0.2) is 0 Å². The first kappa shape index (κ1) is 12.7. The summed E-state index contributed by atoms with van der Waals surface area (Å²) in [7, 11) is 0. The van der Waals surface area contributed by atoms with Gasteiger partial charge in [-0.05, 0) is 0 Å². The summed E-state index contributed by atoms with van der Waals surface area (Å²) in [5.74, 6) is -3.03. The third-order valence-corrected chi connectivity index (χ3v) is 2.37. The van der Waals surface area contributed by atoms with Crippen LogP contribution in [0.3, 0.4) is 0 Å². The largest absolute Gasteiger partial charge is 0.359 e. The van der Waals surface area contributed by atoms with Crippen molar-refractivity contribution in [3.8, 4) is 0 Å². The van der Waals surface area contributed by atoms with Crippen molar-refractivity contribution in [1.82, 2.24) is 0 Å². The van der Waals surface area contributed by atoms with Gasteiger partial charge in [0.2, 0.25) is 7.59 Å². The van der Waals surface area contributed by atoms with Gasteiger partial charge in [0.15, 0.2) is 0 Å². The van der Waals surface area contributed by atoms with E-state index in [1.165, 1.54) is 0 Å². The van der Waals surface area contributed by atoms with Gasteiger partial charge in [-0.2, -0.15) is 0 Å². The first-order valence-corrected chi connectivity index (χ1v) is 4.35. The van der Waals surface area contributed by atoms with Crippen molar-refractivity contribution in [3.05, 3.63) is 0 Å². The van der Waals surface area contributed by atoms with Crippen molar-refractivity contribution < 1.29 is 10.2 Å². The first-order valence-electron chi connectivity index (χ1n) is 2.08. The second-order valence-corrected chi connectivity index (χ2v) is 6.23. The molecule has 0 aliphatic rings. The molecule has 2 N–H and O–H groups in total. The van der Waals surface area contributed by atoms with E-state index < -0.39 is 13.4 Å². The molecule has 0 saturated carbocycles. The van der Waals surface area contributed by atoms with E-state index in [2.05, 4.69) is 0 Å². The lowest BCUT2D eigenvalue weighted by molar-refractivity contribution is -0.152. The zero-order valence-electron chi connectivity index (χ0n) is 4.66. The lowest BCUT2D eigenvalue weighted by atomic mass is 10.4. The van der Waals surface area contributed by atoms with E-state index in [0.717, 1.165) is 0 Å². The number of aliphatic hydroxyl groups is 2. The molecule has 0 aliphatic carbocycles. The van der Waals surface area contributed by atoms with Crippen LogP contribution < -0.4 is 0 Å². The van der Waals surface area contributed by atoms with Crippen LogP contribution in [0.2, 0.25) is 0 Å². The van der Waals surface area contributed by atoms with Crippen LogP contribution in [-0.2, 0) is 0 Å². The van der Waals surface area contributed by atoms with Crippen LogP contribution in [0.5, 0.6) is 0 Å². The molecule has 2 nitrogen and oxygen atoms in total. The average Bonchev–Trinajstić information content (AvgIpc) is 1.58. The number of hydrogen-bond donors (Lipinski definition) is 2. The van der Waals surface area contributed by atoms with Crippen LogP contribution in [0.1, 0.15) is 0 Å². The third kappa shape index (κ3) is 2.82. The summed E-state index contributed by atoms with van der Waals surface area (Å²) in [6.07, 6.45) is 0. The molecule has 11 heavy (non-hydrogen) atoms. The molecule has 0 rings (SSSR count). The molecule has 0 aliphatic heterocycles. The van der Waals surface area contributed by atoms with E-state index >= 15 is 0 Å². The summed E-state index contributed by atoms with van der Waals surface area (Å²) in [6.45, 7) is 0. The minimum Gasteiger partial charge on any atom is -0.359 e. The zero-order chi connectivity index (χ0) is 9.50. The van der Waals surface area contributed by atoms with Gasteiger partial charge in [-0.1, -0.05) is 69.6 Å². The molecule has 0 radical (unpaired) electrons. The van der Waals surface area contributed by atoms with Crippen molar-refractivity contribution in [2.45, 2.75) is 13.4 Å². The molecule has 0 fully saturated rings. The standard InChI is InChI=1S/C3H2Cl6O2/c4-2(5,6)1(10,11)3(7,8)9/h10-11H. The number of alkyl halides is 6. The van der Waals surface area contributed by atoms with Crippen molar-refractivity contribution >= 4 is 69.6 Å². The van der Waals surface area contributed by atoms with Crippen molar-refractivity contribution in [3.63, 3.8) is 0 Å². The highest BCUT2D eigenvalue weighted by molar-refractivity contribution is 6.73. The Morgan fingerprint density at radius 3 is 0.818 bits per heavy atom. The van der Waals surface area contributed by atoms with E-state index in [0.29, 0.717) is 0 Å². The second-order valence-electron chi connectivity index (χ2n) is 1.67. The lowest BCUT2D eigenvalue weighted by Crippen LogP contribution is -2.53. The van der Waals surface area contributed by atoms with Gasteiger partial charge in [-0.25, -0.2) is 0 Å². The summed E-state index contributed by atoms with van der Waals surface area (Å²) in [5.41, 5.74) is 0. The van der Waals surface area contributed by atoms with Crippen molar-refractivity contribution in [2.24, 2.45) is 0 Å². The SMILES string of the molecule is OC(O)(C(Cl)(Cl)Cl)C(Cl)(Cl)Cl. The topological polar surface area (TPSA) is 40.5 Å². The highest BCUT2D eigenvalue weighted by Crippen LogP contribution is 2.49. The van der Waals surface area contributed by atoms with Gasteiger partial charge >= 0.3 is 0 Å². The molecule has 0 heterocycles. The Kier molecular flexibility index (Phi) is 3.95. The van der Waals surface area contributed by atoms with Crippen LogP contribution in [0, 0.1) is 0 Å². The van der Waals surface area contributed by atoms with Crippen LogP contribution in [0.25, 0.3) is 0 Å². The minimum atomic E-state index is -3.03. The summed E-state index contributed by atoms with van der Waals surface area (Å²) in [4.78, 5) is 0. The lowest BCUT2D eigenvalue weighted by Gasteiger charge is -2.34. The fraction of sp³-hybridized carbons (Fsp3) is 1.00. The molecular weight excluding hydrogens is 281 g/mol. The Labute approximate surface area is 92.9 Å². The molecule has 0 aromatic rings. The predicted molar refractivity (Wildman–Crippen MR) is 47.7 cm³/mol. The van der Waals surface area contributed by atoms with E-state index in [9.17, 15) is 0 Å². The number of rotatable bonds is 0. The molecule has 0 spiro atoms. The maximum Gasteiger partial charge on any atom is 0.260 e. The van der Waals surface area contributed by atoms with E-state index in [-0.39, 0.29) is 0 Å². The fourth-order valence-corrected chi connectivity index (χ4v) is 1.45. The number of hydrogen-bond acceptors (Lipinski definition) is 2. The Bertz CT molecular complexity index is 127. The Morgan fingerprint density at radius 1 is 0.636 bits per heavy atom. The predicted octanol–water partition coefficient (Wildman–Crippen LogP) is 2.41. The highest BCUT2D eigenvalue weighted by atomic mass is 35.6. The summed E-state index contributed by atoms with van der Waals surface area (Å²) in [6, 6.07) is 0. The van der Waals surface area contributed by atoms with Gasteiger partial charge in [0.05, 0.1) is 0 Å². The summed E-state index contributed by atoms with van der Waals surface area (Å²) < 4.78 is -4.98. The second kappa shape index (κ2) is 3.43. The summed E-state index contributed by atoms with van der Waals surface area (Å²) >= 11 is 30.5. The number of halogens is 6. The van der Waals surface area contributed by atoms with Crippen LogP contribution >= 0.6 is 69.6 Å². The quantitative estimate of drug-likeness (QED) is 0.529. The molecule has 0 atom stereocenters. The molecule has 8 heteroatoms. The van der Waals surface area contributed by atoms with Gasteiger partial charge in [0.1, 0.15) is 0 Å². The van der Waals surface area contributed by atoms with Crippen LogP contribution in [0.4, 0.5) is 0 Å². The van der Waals surface area contributed by atoms with Gasteiger partial charge in [0.25, 0.3) is 5.79 Å². The molecular formula is C3H2Cl6O2. The van der Waals surface area contributed by atoms with E-state index in [1.54, 1.807) is 0 Å². The summed E-state index contributed by atoms with van der Waals surface area (Å²) in [5, 5.41) is 17.9. The Morgan fingerprint density at radius 2 is 0.818 bits per heavy atom. The zero-order valence-corrected chi connectivity index (χ0v) is 9.20. The molecule has 0 amide bonds. The smallest absolute Gasteiger partial charge is 0.260 e. The maximum atomic E-state index is 8.95.